The van der Waals surface area contributed by atoms with Gasteiger partial charge in [0.25, 0.3) is 0 Å². The highest BCUT2D eigenvalue weighted by Crippen LogP contribution is 2.14. The molecule has 0 amide bonds. The van der Waals surface area contributed by atoms with E-state index in [0.717, 1.165) is 12.8 Å². The van der Waals surface area contributed by atoms with Crippen molar-refractivity contribution in [2.45, 2.75) is 39.7 Å². The van der Waals surface area contributed by atoms with Gasteiger partial charge in [-0.3, -0.25) is 0 Å². The minimum atomic E-state index is 0.304. The lowest BCUT2D eigenvalue weighted by Gasteiger charge is -2.05. The SMILES string of the molecule is Cc1c[nH]c(C)c1CC[C@@H](C)N. The minimum Gasteiger partial charge on any atom is -0.365 e. The molecule has 0 aliphatic rings. The van der Waals surface area contributed by atoms with Crippen LogP contribution in [-0.2, 0) is 6.42 Å². The number of H-pyrrole nitrogens is 1. The summed E-state index contributed by atoms with van der Waals surface area (Å²) in [5.41, 5.74) is 9.78. The maximum Gasteiger partial charge on any atom is 0.0150 e. The molecule has 0 aliphatic carbocycles. The predicted molar refractivity (Wildman–Crippen MR) is 52.2 cm³/mol. The van der Waals surface area contributed by atoms with Gasteiger partial charge in [-0.15, -0.1) is 0 Å². The zero-order valence-electron chi connectivity index (χ0n) is 8.15. The number of aryl methyl sites for hydroxylation is 2. The normalized spacial score (nSPS) is 13.3. The molecule has 2 heteroatoms. The maximum atomic E-state index is 5.70. The van der Waals surface area contributed by atoms with Crippen molar-refractivity contribution >= 4 is 0 Å². The quantitative estimate of drug-likeness (QED) is 0.707. The van der Waals surface area contributed by atoms with E-state index in [9.17, 15) is 0 Å². The summed E-state index contributed by atoms with van der Waals surface area (Å²) in [5, 5.41) is 0. The fourth-order valence-electron chi connectivity index (χ4n) is 1.44. The molecule has 12 heavy (non-hydrogen) atoms. The van der Waals surface area contributed by atoms with E-state index in [1.807, 2.05) is 0 Å². The topological polar surface area (TPSA) is 41.8 Å². The molecule has 0 saturated heterocycles. The Hall–Kier alpha value is -0.760. The van der Waals surface area contributed by atoms with Crippen LogP contribution in [0.4, 0.5) is 0 Å². The smallest absolute Gasteiger partial charge is 0.0150 e. The summed E-state index contributed by atoms with van der Waals surface area (Å²) in [4.78, 5) is 3.22. The third-order valence-electron chi connectivity index (χ3n) is 2.28. The fraction of sp³-hybridized carbons (Fsp3) is 0.600. The highest BCUT2D eigenvalue weighted by molar-refractivity contribution is 5.28. The van der Waals surface area contributed by atoms with Gasteiger partial charge in [0, 0.05) is 17.9 Å². The maximum absolute atomic E-state index is 5.70. The molecular weight excluding hydrogens is 148 g/mol. The molecule has 68 valence electrons. The highest BCUT2D eigenvalue weighted by Gasteiger charge is 2.04. The van der Waals surface area contributed by atoms with Crippen LogP contribution in [0.5, 0.6) is 0 Å². The van der Waals surface area contributed by atoms with Crippen molar-refractivity contribution in [1.29, 1.82) is 0 Å². The highest BCUT2D eigenvalue weighted by atomic mass is 14.7. The van der Waals surface area contributed by atoms with Gasteiger partial charge in [-0.2, -0.15) is 0 Å². The summed E-state index contributed by atoms with van der Waals surface area (Å²) in [6, 6.07) is 0.304. The standard InChI is InChI=1S/C10H18N2/c1-7-6-12-9(3)10(7)5-4-8(2)11/h6,8,12H,4-5,11H2,1-3H3/t8-/m1/s1. The minimum absolute atomic E-state index is 0.304. The zero-order chi connectivity index (χ0) is 9.14. The van der Waals surface area contributed by atoms with E-state index in [0.29, 0.717) is 6.04 Å². The van der Waals surface area contributed by atoms with Gasteiger partial charge in [-0.1, -0.05) is 0 Å². The van der Waals surface area contributed by atoms with Crippen molar-refractivity contribution < 1.29 is 0 Å². The Kier molecular flexibility index (Phi) is 2.93. The summed E-state index contributed by atoms with van der Waals surface area (Å²) >= 11 is 0. The van der Waals surface area contributed by atoms with Crippen molar-refractivity contribution in [3.05, 3.63) is 23.0 Å². The average Bonchev–Trinajstić information content (AvgIpc) is 2.28. The molecule has 0 bridgehead atoms. The molecule has 0 aromatic carbocycles. The Labute approximate surface area is 74.2 Å². The van der Waals surface area contributed by atoms with E-state index in [4.69, 9.17) is 5.73 Å². The van der Waals surface area contributed by atoms with Crippen LogP contribution >= 0.6 is 0 Å². The molecule has 0 fully saturated rings. The Morgan fingerprint density at radius 2 is 2.17 bits per heavy atom. The predicted octanol–water partition coefficient (Wildman–Crippen LogP) is 1.91. The lowest BCUT2D eigenvalue weighted by atomic mass is 10.0. The second-order valence-electron chi connectivity index (χ2n) is 3.59. The molecule has 1 rings (SSSR count). The summed E-state index contributed by atoms with van der Waals surface area (Å²) < 4.78 is 0. The number of aromatic nitrogens is 1. The van der Waals surface area contributed by atoms with Crippen molar-refractivity contribution in [1.82, 2.24) is 4.98 Å². The molecule has 2 nitrogen and oxygen atoms in total. The Morgan fingerprint density at radius 3 is 2.58 bits per heavy atom. The van der Waals surface area contributed by atoms with Crippen LogP contribution in [0.25, 0.3) is 0 Å². The number of aromatic amines is 1. The first-order valence-electron chi connectivity index (χ1n) is 4.50. The first-order valence-corrected chi connectivity index (χ1v) is 4.50. The lowest BCUT2D eigenvalue weighted by Crippen LogP contribution is -2.15. The van der Waals surface area contributed by atoms with E-state index in [-0.39, 0.29) is 0 Å². The van der Waals surface area contributed by atoms with Crippen molar-refractivity contribution in [3.63, 3.8) is 0 Å². The zero-order valence-corrected chi connectivity index (χ0v) is 8.15. The third kappa shape index (κ3) is 2.11. The van der Waals surface area contributed by atoms with E-state index >= 15 is 0 Å². The van der Waals surface area contributed by atoms with Crippen LogP contribution in [-0.4, -0.2) is 11.0 Å². The molecule has 3 N–H and O–H groups in total. The van der Waals surface area contributed by atoms with E-state index in [2.05, 4.69) is 32.0 Å². The first kappa shape index (κ1) is 9.33. The second kappa shape index (κ2) is 3.76. The second-order valence-corrected chi connectivity index (χ2v) is 3.59. The van der Waals surface area contributed by atoms with Gasteiger partial charge in [0.05, 0.1) is 0 Å². The molecule has 1 heterocycles. The largest absolute Gasteiger partial charge is 0.365 e. The van der Waals surface area contributed by atoms with E-state index < -0.39 is 0 Å². The van der Waals surface area contributed by atoms with Gasteiger partial charge in [0.15, 0.2) is 0 Å². The molecule has 0 saturated carbocycles. The van der Waals surface area contributed by atoms with Crippen molar-refractivity contribution in [3.8, 4) is 0 Å². The summed E-state index contributed by atoms with van der Waals surface area (Å²) in [6.07, 6.45) is 4.23. The Balaban J connectivity index is 2.62. The van der Waals surface area contributed by atoms with Gasteiger partial charge in [0.2, 0.25) is 0 Å². The van der Waals surface area contributed by atoms with Crippen LogP contribution in [0.1, 0.15) is 30.2 Å². The molecule has 0 spiro atoms. The monoisotopic (exact) mass is 166 g/mol. The third-order valence-corrected chi connectivity index (χ3v) is 2.28. The first-order chi connectivity index (χ1) is 5.61. The number of nitrogens with two attached hydrogens (primary N) is 1. The Morgan fingerprint density at radius 1 is 1.50 bits per heavy atom. The molecule has 0 radical (unpaired) electrons. The van der Waals surface area contributed by atoms with E-state index in [1.54, 1.807) is 0 Å². The molecule has 1 aromatic rings. The fourth-order valence-corrected chi connectivity index (χ4v) is 1.44. The molecule has 0 unspecified atom stereocenters. The number of nitrogens with one attached hydrogen (secondary N) is 1. The number of hydrogen-bond acceptors (Lipinski definition) is 1. The van der Waals surface area contributed by atoms with Crippen molar-refractivity contribution in [2.24, 2.45) is 5.73 Å². The van der Waals surface area contributed by atoms with Crippen LogP contribution < -0.4 is 5.73 Å². The van der Waals surface area contributed by atoms with Crippen LogP contribution in [0.15, 0.2) is 6.20 Å². The van der Waals surface area contributed by atoms with Gasteiger partial charge in [-0.25, -0.2) is 0 Å². The van der Waals surface area contributed by atoms with Gasteiger partial charge in [-0.05, 0) is 44.7 Å². The summed E-state index contributed by atoms with van der Waals surface area (Å²) in [7, 11) is 0. The van der Waals surface area contributed by atoms with Gasteiger partial charge >= 0.3 is 0 Å². The van der Waals surface area contributed by atoms with Crippen LogP contribution in [0.3, 0.4) is 0 Å². The summed E-state index contributed by atoms with van der Waals surface area (Å²) in [6.45, 7) is 6.31. The van der Waals surface area contributed by atoms with Crippen LogP contribution in [0, 0.1) is 13.8 Å². The van der Waals surface area contributed by atoms with Crippen LogP contribution in [0.2, 0.25) is 0 Å². The summed E-state index contributed by atoms with van der Waals surface area (Å²) in [5.74, 6) is 0. The van der Waals surface area contributed by atoms with E-state index in [1.165, 1.54) is 16.8 Å². The number of hydrogen-bond donors (Lipinski definition) is 2. The molecule has 1 atom stereocenters. The lowest BCUT2D eigenvalue weighted by molar-refractivity contribution is 0.663. The van der Waals surface area contributed by atoms with Gasteiger partial charge < -0.3 is 10.7 Å². The van der Waals surface area contributed by atoms with Crippen molar-refractivity contribution in [2.75, 3.05) is 0 Å². The van der Waals surface area contributed by atoms with Gasteiger partial charge in [0.1, 0.15) is 0 Å². The molecular formula is C10H18N2. The number of rotatable bonds is 3. The molecule has 1 aromatic heterocycles. The Bertz CT molecular complexity index is 229. The molecule has 0 aliphatic heterocycles. The average molecular weight is 166 g/mol.